The Morgan fingerprint density at radius 2 is 1.73 bits per heavy atom. The molecule has 0 aliphatic heterocycles. The average molecular weight is 447 g/mol. The number of aryl methyl sites for hydroxylation is 2. The van der Waals surface area contributed by atoms with Crippen LogP contribution in [0.1, 0.15) is 41.8 Å². The van der Waals surface area contributed by atoms with Crippen molar-refractivity contribution in [3.63, 3.8) is 0 Å². The molecular weight excluding hydrogens is 422 g/mol. The molecule has 4 rings (SSSR count). The Morgan fingerprint density at radius 1 is 1.06 bits per heavy atom. The third kappa shape index (κ3) is 4.43. The number of pyridine rings is 1. The molecule has 33 heavy (non-hydrogen) atoms. The highest BCUT2D eigenvalue weighted by Gasteiger charge is 2.20. The summed E-state index contributed by atoms with van der Waals surface area (Å²) in [6, 6.07) is 10.5. The second-order valence-electron chi connectivity index (χ2n) is 7.95. The van der Waals surface area contributed by atoms with Gasteiger partial charge in [0.25, 0.3) is 5.91 Å². The Hall–Kier alpha value is -4.14. The second kappa shape index (κ2) is 8.78. The number of nitrogens with zero attached hydrogens (tertiary/aromatic N) is 3. The largest absolute Gasteiger partial charge is 0.466 e. The zero-order valence-electron chi connectivity index (χ0n) is 19.1. The molecule has 4 aromatic rings. The summed E-state index contributed by atoms with van der Waals surface area (Å²) < 4.78 is 12.1. The molecule has 0 bridgehead atoms. The van der Waals surface area contributed by atoms with Gasteiger partial charge in [-0.15, -0.1) is 0 Å². The summed E-state index contributed by atoms with van der Waals surface area (Å²) in [5.41, 5.74) is 3.69. The predicted octanol–water partition coefficient (Wildman–Crippen LogP) is 5.32. The number of furan rings is 1. The van der Waals surface area contributed by atoms with Crippen molar-refractivity contribution >= 4 is 34.4 Å². The maximum Gasteiger partial charge on any atom is 0.411 e. The van der Waals surface area contributed by atoms with Crippen molar-refractivity contribution in [2.45, 2.75) is 33.7 Å². The highest BCUT2D eigenvalue weighted by atomic mass is 16.5. The number of carbonyl (C=O) groups excluding carboxylic acids is 2. The van der Waals surface area contributed by atoms with Gasteiger partial charge in [-0.1, -0.05) is 0 Å². The topological polar surface area (TPSA) is 111 Å². The third-order valence-corrected chi connectivity index (χ3v) is 5.19. The average Bonchev–Trinajstić information content (AvgIpc) is 3.36. The normalized spacial score (nSPS) is 11.1. The monoisotopic (exact) mass is 447 g/mol. The molecule has 3 aromatic heterocycles. The van der Waals surface area contributed by atoms with E-state index in [9.17, 15) is 9.59 Å². The van der Waals surface area contributed by atoms with Crippen LogP contribution in [-0.4, -0.2) is 33.9 Å². The van der Waals surface area contributed by atoms with Gasteiger partial charge in [-0.3, -0.25) is 10.1 Å². The molecule has 1 aromatic carbocycles. The van der Waals surface area contributed by atoms with Crippen LogP contribution in [0.5, 0.6) is 0 Å². The predicted molar refractivity (Wildman–Crippen MR) is 126 cm³/mol. The Balaban J connectivity index is 1.72. The number of hydrogen-bond donors (Lipinski definition) is 2. The van der Waals surface area contributed by atoms with Crippen molar-refractivity contribution in [2.75, 3.05) is 17.7 Å². The van der Waals surface area contributed by atoms with Gasteiger partial charge >= 0.3 is 6.09 Å². The second-order valence-corrected chi connectivity index (χ2v) is 7.95. The summed E-state index contributed by atoms with van der Waals surface area (Å²) in [6.07, 6.45) is 1.10. The van der Waals surface area contributed by atoms with Crippen molar-refractivity contribution in [3.05, 3.63) is 59.7 Å². The van der Waals surface area contributed by atoms with Gasteiger partial charge in [0, 0.05) is 23.0 Å². The van der Waals surface area contributed by atoms with Crippen molar-refractivity contribution in [2.24, 2.45) is 0 Å². The Labute approximate surface area is 190 Å². The first-order valence-electron chi connectivity index (χ1n) is 10.5. The molecule has 0 saturated carbocycles. The number of hydrogen-bond acceptors (Lipinski definition) is 6. The van der Waals surface area contributed by atoms with E-state index in [1.54, 1.807) is 41.2 Å². The fourth-order valence-corrected chi connectivity index (χ4v) is 3.61. The Morgan fingerprint density at radius 3 is 2.30 bits per heavy atom. The summed E-state index contributed by atoms with van der Waals surface area (Å²) >= 11 is 0. The SMILES string of the molecule is COC(=O)Nc1ccc(NC(=O)c2cc(-c3cc(C)oc3C)nc3c2cnn3C(C)C)cc1. The first kappa shape index (κ1) is 22.1. The molecule has 2 amide bonds. The first-order chi connectivity index (χ1) is 15.8. The highest BCUT2D eigenvalue weighted by molar-refractivity contribution is 6.12. The number of benzene rings is 1. The van der Waals surface area contributed by atoms with Gasteiger partial charge in [-0.05, 0) is 64.1 Å². The van der Waals surface area contributed by atoms with Crippen LogP contribution in [-0.2, 0) is 4.74 Å². The maximum atomic E-state index is 13.3. The van der Waals surface area contributed by atoms with Gasteiger partial charge in [-0.25, -0.2) is 14.5 Å². The van der Waals surface area contributed by atoms with Crippen LogP contribution in [0.2, 0.25) is 0 Å². The Kier molecular flexibility index (Phi) is 5.87. The van der Waals surface area contributed by atoms with E-state index in [4.69, 9.17) is 9.40 Å². The highest BCUT2D eigenvalue weighted by Crippen LogP contribution is 2.30. The van der Waals surface area contributed by atoms with Gasteiger partial charge in [0.1, 0.15) is 11.5 Å². The first-order valence-corrected chi connectivity index (χ1v) is 10.5. The van der Waals surface area contributed by atoms with Crippen molar-refractivity contribution in [1.82, 2.24) is 14.8 Å². The van der Waals surface area contributed by atoms with Crippen LogP contribution in [0.3, 0.4) is 0 Å². The number of methoxy groups -OCH3 is 1. The minimum absolute atomic E-state index is 0.0724. The minimum atomic E-state index is -0.564. The fourth-order valence-electron chi connectivity index (χ4n) is 3.61. The van der Waals surface area contributed by atoms with Crippen LogP contribution in [0.15, 0.2) is 47.0 Å². The fraction of sp³-hybridized carbons (Fsp3) is 0.250. The lowest BCUT2D eigenvalue weighted by Gasteiger charge is -2.11. The van der Waals surface area contributed by atoms with Gasteiger partial charge in [0.15, 0.2) is 5.65 Å². The minimum Gasteiger partial charge on any atom is -0.466 e. The van der Waals surface area contributed by atoms with Gasteiger partial charge in [-0.2, -0.15) is 5.10 Å². The van der Waals surface area contributed by atoms with Crippen LogP contribution in [0, 0.1) is 13.8 Å². The van der Waals surface area contributed by atoms with Crippen molar-refractivity contribution in [1.29, 1.82) is 0 Å². The van der Waals surface area contributed by atoms with Gasteiger partial charge < -0.3 is 14.5 Å². The number of carbonyl (C=O) groups is 2. The number of aromatic nitrogens is 3. The third-order valence-electron chi connectivity index (χ3n) is 5.19. The number of amides is 2. The molecule has 0 spiro atoms. The lowest BCUT2D eigenvalue weighted by molar-refractivity contribution is 0.102. The van der Waals surface area contributed by atoms with E-state index in [0.29, 0.717) is 33.7 Å². The molecule has 3 heterocycles. The van der Waals surface area contributed by atoms with E-state index in [1.807, 2.05) is 33.8 Å². The van der Waals surface area contributed by atoms with Crippen LogP contribution in [0.4, 0.5) is 16.2 Å². The van der Waals surface area contributed by atoms with Crippen LogP contribution in [0.25, 0.3) is 22.3 Å². The maximum absolute atomic E-state index is 13.3. The molecule has 9 nitrogen and oxygen atoms in total. The quantitative estimate of drug-likeness (QED) is 0.428. The van der Waals surface area contributed by atoms with E-state index < -0.39 is 6.09 Å². The zero-order chi connectivity index (χ0) is 23.7. The zero-order valence-corrected chi connectivity index (χ0v) is 19.1. The van der Waals surface area contributed by atoms with Gasteiger partial charge in [0.2, 0.25) is 0 Å². The van der Waals surface area contributed by atoms with E-state index in [-0.39, 0.29) is 11.9 Å². The summed E-state index contributed by atoms with van der Waals surface area (Å²) in [5.74, 6) is 1.21. The molecule has 170 valence electrons. The van der Waals surface area contributed by atoms with E-state index in [0.717, 1.165) is 17.1 Å². The Bertz CT molecular complexity index is 1340. The molecule has 0 atom stereocenters. The summed E-state index contributed by atoms with van der Waals surface area (Å²) in [7, 11) is 1.29. The van der Waals surface area contributed by atoms with Gasteiger partial charge in [0.05, 0.1) is 30.0 Å². The molecule has 2 N–H and O–H groups in total. The molecule has 9 heteroatoms. The molecule has 0 aliphatic carbocycles. The number of rotatable bonds is 5. The molecule has 0 radical (unpaired) electrons. The number of fused-ring (bicyclic) bond motifs is 1. The summed E-state index contributed by atoms with van der Waals surface area (Å²) in [5, 5.41) is 10.6. The van der Waals surface area contributed by atoms with E-state index in [2.05, 4.69) is 20.5 Å². The summed E-state index contributed by atoms with van der Waals surface area (Å²) in [4.78, 5) is 29.5. The van der Waals surface area contributed by atoms with Crippen molar-refractivity contribution < 1.29 is 18.7 Å². The molecular formula is C24H25N5O4. The smallest absolute Gasteiger partial charge is 0.411 e. The lowest BCUT2D eigenvalue weighted by Crippen LogP contribution is -2.14. The van der Waals surface area contributed by atoms with E-state index in [1.165, 1.54) is 7.11 Å². The molecule has 0 saturated heterocycles. The van der Waals surface area contributed by atoms with Crippen molar-refractivity contribution in [3.8, 4) is 11.3 Å². The molecule has 0 unspecified atom stereocenters. The number of anilines is 2. The standard InChI is InChI=1S/C24H25N5O4/c1-13(2)29-22-20(12-25-29)19(11-21(28-22)18-10-14(3)33-15(18)4)23(30)26-16-6-8-17(9-7-16)27-24(31)32-5/h6-13H,1-5H3,(H,26,30)(H,27,31). The molecule has 0 fully saturated rings. The summed E-state index contributed by atoms with van der Waals surface area (Å²) in [6.45, 7) is 7.77. The molecule has 0 aliphatic rings. The number of nitrogens with one attached hydrogen (secondary N) is 2. The van der Waals surface area contributed by atoms with Crippen LogP contribution >= 0.6 is 0 Å². The number of ether oxygens (including phenoxy) is 1. The van der Waals surface area contributed by atoms with Crippen LogP contribution < -0.4 is 10.6 Å². The lowest BCUT2D eigenvalue weighted by atomic mass is 10.1. The van der Waals surface area contributed by atoms with E-state index >= 15 is 0 Å².